The second kappa shape index (κ2) is 8.02. The largest absolute Gasteiger partial charge is 0.466 e. The third-order valence-corrected chi connectivity index (χ3v) is 3.60. The van der Waals surface area contributed by atoms with Crippen molar-refractivity contribution >= 4 is 5.97 Å². The molecule has 0 bridgehead atoms. The molecule has 4 nitrogen and oxygen atoms in total. The highest BCUT2D eigenvalue weighted by atomic mass is 16.5. The lowest BCUT2D eigenvalue weighted by atomic mass is 10.1. The molecule has 1 aromatic rings. The molecule has 0 unspecified atom stereocenters. The zero-order chi connectivity index (χ0) is 14.2. The molecule has 0 amide bonds. The number of carbonyl (C=O) groups excluding carboxylic acids is 1. The lowest BCUT2D eigenvalue weighted by Crippen LogP contribution is -2.44. The van der Waals surface area contributed by atoms with Crippen molar-refractivity contribution in [1.29, 1.82) is 0 Å². The van der Waals surface area contributed by atoms with Gasteiger partial charge >= 0.3 is 5.97 Å². The Balaban J connectivity index is 1.77. The molecule has 20 heavy (non-hydrogen) atoms. The standard InChI is InChI=1S/C16H24N2O2/c1-2-20-16(19)13-15-5-3-14(4-6-15)7-10-18-11-8-17-9-12-18/h3-6,17H,2,7-13H2,1H3. The molecular weight excluding hydrogens is 252 g/mol. The summed E-state index contributed by atoms with van der Waals surface area (Å²) < 4.78 is 4.95. The fourth-order valence-corrected chi connectivity index (χ4v) is 2.42. The summed E-state index contributed by atoms with van der Waals surface area (Å²) in [6, 6.07) is 8.31. The molecule has 0 aliphatic carbocycles. The fraction of sp³-hybridized carbons (Fsp3) is 0.562. The van der Waals surface area contributed by atoms with Crippen molar-refractivity contribution in [3.05, 3.63) is 35.4 Å². The Kier molecular flexibility index (Phi) is 6.02. The molecule has 1 saturated heterocycles. The maximum atomic E-state index is 11.4. The van der Waals surface area contributed by atoms with Gasteiger partial charge in [-0.25, -0.2) is 0 Å². The number of rotatable bonds is 6. The van der Waals surface area contributed by atoms with E-state index in [0.29, 0.717) is 13.0 Å². The number of esters is 1. The summed E-state index contributed by atoms with van der Waals surface area (Å²) >= 11 is 0. The van der Waals surface area contributed by atoms with Crippen LogP contribution in [0.15, 0.2) is 24.3 Å². The number of ether oxygens (including phenoxy) is 1. The van der Waals surface area contributed by atoms with Crippen LogP contribution in [0.5, 0.6) is 0 Å². The number of piperazine rings is 1. The summed E-state index contributed by atoms with van der Waals surface area (Å²) in [6.07, 6.45) is 1.44. The van der Waals surface area contributed by atoms with E-state index in [0.717, 1.165) is 44.7 Å². The van der Waals surface area contributed by atoms with Crippen LogP contribution in [-0.4, -0.2) is 50.2 Å². The molecule has 4 heteroatoms. The SMILES string of the molecule is CCOC(=O)Cc1ccc(CCN2CCNCC2)cc1. The van der Waals surface area contributed by atoms with Crippen molar-refractivity contribution in [3.63, 3.8) is 0 Å². The average molecular weight is 276 g/mol. The van der Waals surface area contributed by atoms with Crippen molar-refractivity contribution < 1.29 is 9.53 Å². The first-order chi connectivity index (χ1) is 9.78. The van der Waals surface area contributed by atoms with Crippen LogP contribution >= 0.6 is 0 Å². The van der Waals surface area contributed by atoms with Gasteiger partial charge in [0.2, 0.25) is 0 Å². The third kappa shape index (κ3) is 4.94. The Hall–Kier alpha value is -1.39. The molecule has 1 fully saturated rings. The van der Waals surface area contributed by atoms with Crippen LogP contribution < -0.4 is 5.32 Å². The molecular formula is C16H24N2O2. The Labute approximate surface area is 121 Å². The summed E-state index contributed by atoms with van der Waals surface area (Å²) in [5, 5.41) is 3.36. The van der Waals surface area contributed by atoms with Gasteiger partial charge in [-0.3, -0.25) is 4.79 Å². The lowest BCUT2D eigenvalue weighted by Gasteiger charge is -2.27. The van der Waals surface area contributed by atoms with Gasteiger partial charge in [-0.15, -0.1) is 0 Å². The van der Waals surface area contributed by atoms with E-state index in [1.807, 2.05) is 19.1 Å². The van der Waals surface area contributed by atoms with Crippen molar-refractivity contribution in [3.8, 4) is 0 Å². The Morgan fingerprint density at radius 3 is 2.50 bits per heavy atom. The van der Waals surface area contributed by atoms with Gasteiger partial charge < -0.3 is 15.0 Å². The van der Waals surface area contributed by atoms with E-state index in [4.69, 9.17) is 4.74 Å². The van der Waals surface area contributed by atoms with Crippen molar-refractivity contribution in [2.45, 2.75) is 19.8 Å². The smallest absolute Gasteiger partial charge is 0.310 e. The minimum atomic E-state index is -0.152. The van der Waals surface area contributed by atoms with Gasteiger partial charge in [0.05, 0.1) is 13.0 Å². The third-order valence-electron chi connectivity index (χ3n) is 3.60. The Bertz CT molecular complexity index is 411. The maximum absolute atomic E-state index is 11.4. The van der Waals surface area contributed by atoms with Crippen molar-refractivity contribution in [1.82, 2.24) is 10.2 Å². The molecule has 0 radical (unpaired) electrons. The van der Waals surface area contributed by atoms with Gasteiger partial charge in [-0.05, 0) is 24.5 Å². The second-order valence-electron chi connectivity index (χ2n) is 5.14. The van der Waals surface area contributed by atoms with Gasteiger partial charge in [0, 0.05) is 32.7 Å². The predicted molar refractivity (Wildman–Crippen MR) is 79.8 cm³/mol. The van der Waals surface area contributed by atoms with E-state index in [1.165, 1.54) is 5.56 Å². The van der Waals surface area contributed by atoms with E-state index in [2.05, 4.69) is 22.3 Å². The van der Waals surface area contributed by atoms with Gasteiger partial charge in [0.15, 0.2) is 0 Å². The molecule has 1 N–H and O–H groups in total. The highest BCUT2D eigenvalue weighted by molar-refractivity contribution is 5.72. The summed E-state index contributed by atoms with van der Waals surface area (Å²) in [5.74, 6) is -0.152. The normalized spacial score (nSPS) is 16.1. The number of hydrogen-bond donors (Lipinski definition) is 1. The van der Waals surface area contributed by atoms with E-state index < -0.39 is 0 Å². The number of nitrogens with zero attached hydrogens (tertiary/aromatic N) is 1. The number of benzene rings is 1. The molecule has 2 rings (SSSR count). The van der Waals surface area contributed by atoms with E-state index in [1.54, 1.807) is 0 Å². The summed E-state index contributed by atoms with van der Waals surface area (Å²) in [7, 11) is 0. The fourth-order valence-electron chi connectivity index (χ4n) is 2.42. The van der Waals surface area contributed by atoms with Gasteiger partial charge in [0.1, 0.15) is 0 Å². The lowest BCUT2D eigenvalue weighted by molar-refractivity contribution is -0.142. The van der Waals surface area contributed by atoms with Crippen molar-refractivity contribution in [2.75, 3.05) is 39.3 Å². The molecule has 1 aliphatic heterocycles. The molecule has 1 aliphatic rings. The van der Waals surface area contributed by atoms with Crippen LogP contribution in [0.1, 0.15) is 18.1 Å². The van der Waals surface area contributed by atoms with E-state index in [9.17, 15) is 4.79 Å². The van der Waals surface area contributed by atoms with E-state index >= 15 is 0 Å². The monoisotopic (exact) mass is 276 g/mol. The number of hydrogen-bond acceptors (Lipinski definition) is 4. The van der Waals surface area contributed by atoms with Crippen LogP contribution in [0.25, 0.3) is 0 Å². The average Bonchev–Trinajstić information content (AvgIpc) is 2.48. The first-order valence-electron chi connectivity index (χ1n) is 7.44. The zero-order valence-electron chi connectivity index (χ0n) is 12.2. The summed E-state index contributed by atoms with van der Waals surface area (Å²) in [6.45, 7) is 7.86. The molecule has 0 spiro atoms. The van der Waals surface area contributed by atoms with Crippen LogP contribution in [0.2, 0.25) is 0 Å². The van der Waals surface area contributed by atoms with E-state index in [-0.39, 0.29) is 5.97 Å². The molecule has 0 saturated carbocycles. The topological polar surface area (TPSA) is 41.6 Å². The Morgan fingerprint density at radius 1 is 1.20 bits per heavy atom. The Morgan fingerprint density at radius 2 is 1.85 bits per heavy atom. The minimum absolute atomic E-state index is 0.152. The second-order valence-corrected chi connectivity index (χ2v) is 5.14. The highest BCUT2D eigenvalue weighted by Crippen LogP contribution is 2.08. The minimum Gasteiger partial charge on any atom is -0.466 e. The number of carbonyl (C=O) groups is 1. The molecule has 0 atom stereocenters. The molecule has 0 aromatic heterocycles. The van der Waals surface area contributed by atoms with Crippen LogP contribution in [0.3, 0.4) is 0 Å². The van der Waals surface area contributed by atoms with Crippen LogP contribution in [0, 0.1) is 0 Å². The maximum Gasteiger partial charge on any atom is 0.310 e. The summed E-state index contributed by atoms with van der Waals surface area (Å²) in [5.41, 5.74) is 2.35. The molecule has 1 heterocycles. The molecule has 110 valence electrons. The number of nitrogens with one attached hydrogen (secondary N) is 1. The quantitative estimate of drug-likeness (QED) is 0.794. The van der Waals surface area contributed by atoms with Crippen LogP contribution in [-0.2, 0) is 22.4 Å². The van der Waals surface area contributed by atoms with Crippen molar-refractivity contribution in [2.24, 2.45) is 0 Å². The van der Waals surface area contributed by atoms with Gasteiger partial charge in [0.25, 0.3) is 0 Å². The predicted octanol–water partition coefficient (Wildman–Crippen LogP) is 1.24. The first kappa shape index (κ1) is 15.0. The highest BCUT2D eigenvalue weighted by Gasteiger charge is 2.09. The molecule has 1 aromatic carbocycles. The zero-order valence-corrected chi connectivity index (χ0v) is 12.2. The van der Waals surface area contributed by atoms with Crippen LogP contribution in [0.4, 0.5) is 0 Å². The first-order valence-corrected chi connectivity index (χ1v) is 7.44. The van der Waals surface area contributed by atoms with Gasteiger partial charge in [-0.1, -0.05) is 24.3 Å². The summed E-state index contributed by atoms with van der Waals surface area (Å²) in [4.78, 5) is 13.9. The van der Waals surface area contributed by atoms with Gasteiger partial charge in [-0.2, -0.15) is 0 Å².